The molecule has 6 aromatic rings. The van der Waals surface area contributed by atoms with Crippen LogP contribution in [0.4, 0.5) is 11.5 Å². The third kappa shape index (κ3) is 4.29. The van der Waals surface area contributed by atoms with E-state index in [2.05, 4.69) is 73.4 Å². The number of fused-ring (bicyclic) bond motifs is 2. The summed E-state index contributed by atoms with van der Waals surface area (Å²) in [6.45, 7) is 2.12. The van der Waals surface area contributed by atoms with Gasteiger partial charge in [0.2, 0.25) is 0 Å². The number of anilines is 2. The Labute approximate surface area is 243 Å². The van der Waals surface area contributed by atoms with E-state index in [1.165, 1.54) is 16.8 Å². The van der Waals surface area contributed by atoms with E-state index < -0.39 is 0 Å². The topological polar surface area (TPSA) is 103 Å². The van der Waals surface area contributed by atoms with Gasteiger partial charge in [-0.2, -0.15) is 5.10 Å². The van der Waals surface area contributed by atoms with Crippen LogP contribution < -0.4 is 16.0 Å². The number of nitrogens with zero attached hydrogens (tertiary/aromatic N) is 7. The monoisotopic (exact) mass is 553 g/mol. The molecule has 5 heterocycles. The molecule has 2 unspecified atom stereocenters. The molecule has 4 aromatic heterocycles. The first-order valence-electron chi connectivity index (χ1n) is 14.5. The Kier molecular flexibility index (Phi) is 5.96. The fourth-order valence-corrected chi connectivity index (χ4v) is 6.48. The minimum absolute atomic E-state index is 0.354. The summed E-state index contributed by atoms with van der Waals surface area (Å²) in [7, 11) is 0. The van der Waals surface area contributed by atoms with Gasteiger partial charge in [-0.25, -0.2) is 19.6 Å². The van der Waals surface area contributed by atoms with Gasteiger partial charge >= 0.3 is 0 Å². The summed E-state index contributed by atoms with van der Waals surface area (Å²) in [6, 6.07) is 28.0. The number of nitrogen functional groups attached to an aromatic ring is 1. The molecule has 8 rings (SSSR count). The summed E-state index contributed by atoms with van der Waals surface area (Å²) in [4.78, 5) is 16.8. The average Bonchev–Trinajstić information content (AvgIpc) is 3.84. The molecule has 0 saturated carbocycles. The number of imidazole rings is 1. The lowest BCUT2D eigenvalue weighted by Gasteiger charge is -2.22. The average molecular weight is 554 g/mol. The summed E-state index contributed by atoms with van der Waals surface area (Å²) in [5, 5.41) is 8.36. The zero-order chi connectivity index (χ0) is 28.0. The summed E-state index contributed by atoms with van der Waals surface area (Å²) in [5.41, 5.74) is 13.7. The molecule has 2 aliphatic rings. The molecule has 1 fully saturated rings. The van der Waals surface area contributed by atoms with Crippen LogP contribution in [-0.4, -0.2) is 48.4 Å². The fourth-order valence-electron chi connectivity index (χ4n) is 6.48. The van der Waals surface area contributed by atoms with Crippen LogP contribution in [0.15, 0.2) is 97.5 Å². The fraction of sp³-hybridized carbons (Fsp3) is 0.212. The van der Waals surface area contributed by atoms with Crippen molar-refractivity contribution in [2.45, 2.75) is 31.3 Å². The summed E-state index contributed by atoms with van der Waals surface area (Å²) in [5.74, 6) is 1.89. The first-order valence-corrected chi connectivity index (χ1v) is 14.5. The quantitative estimate of drug-likeness (QED) is 0.296. The number of nitrogens with two attached hydrogens (primary N) is 1. The number of benzene rings is 2. The first-order chi connectivity index (χ1) is 20.7. The Morgan fingerprint density at radius 3 is 2.64 bits per heavy atom. The molecule has 3 N–H and O–H groups in total. The largest absolute Gasteiger partial charge is 0.383 e. The predicted molar refractivity (Wildman–Crippen MR) is 165 cm³/mol. The number of rotatable bonds is 6. The van der Waals surface area contributed by atoms with Gasteiger partial charge in [-0.3, -0.25) is 4.57 Å². The van der Waals surface area contributed by atoms with Crippen LogP contribution in [0.5, 0.6) is 0 Å². The van der Waals surface area contributed by atoms with Gasteiger partial charge in [-0.15, -0.1) is 0 Å². The van der Waals surface area contributed by atoms with Gasteiger partial charge in [-0.05, 0) is 85.0 Å². The van der Waals surface area contributed by atoms with Crippen LogP contribution in [0.2, 0.25) is 0 Å². The van der Waals surface area contributed by atoms with Gasteiger partial charge in [0.15, 0.2) is 17.3 Å². The second kappa shape index (κ2) is 10.1. The summed E-state index contributed by atoms with van der Waals surface area (Å²) < 4.78 is 3.86. The number of aromatic nitrogens is 6. The van der Waals surface area contributed by atoms with Crippen molar-refractivity contribution < 1.29 is 0 Å². The smallest absolute Gasteiger partial charge is 0.167 e. The lowest BCUT2D eigenvalue weighted by molar-refractivity contribution is 0.454. The van der Waals surface area contributed by atoms with Crippen molar-refractivity contribution >= 4 is 22.7 Å². The number of aryl methyl sites for hydroxylation is 1. The standard InChI is InChI=1S/C33H31N9/c34-31-27(8-4-16-35-31)32-38-29-13-14-30(41-18-5-17-36-41)39-33(29)42(32)25-10-11-26-22(20-25)9-12-28(26)37-23-15-19-40(21-23)24-6-2-1-3-7-24/h1-8,10-11,13-14,16-18,20,23,28,37H,9,12,15,19,21H2,(H2,34,35). The van der Waals surface area contributed by atoms with Gasteiger partial charge in [0.05, 0.1) is 5.56 Å². The molecule has 1 aliphatic heterocycles. The van der Waals surface area contributed by atoms with Crippen molar-refractivity contribution in [2.75, 3.05) is 23.7 Å². The third-order valence-corrected chi connectivity index (χ3v) is 8.52. The molecule has 0 amide bonds. The Balaban J connectivity index is 1.14. The highest BCUT2D eigenvalue weighted by molar-refractivity contribution is 5.83. The van der Waals surface area contributed by atoms with Crippen molar-refractivity contribution in [2.24, 2.45) is 0 Å². The molecule has 1 saturated heterocycles. The van der Waals surface area contributed by atoms with Gasteiger partial charge in [0.1, 0.15) is 11.3 Å². The summed E-state index contributed by atoms with van der Waals surface area (Å²) in [6.07, 6.45) is 8.61. The van der Waals surface area contributed by atoms with Crippen molar-refractivity contribution in [3.8, 4) is 22.9 Å². The molecule has 9 nitrogen and oxygen atoms in total. The van der Waals surface area contributed by atoms with Crippen LogP contribution in [0.25, 0.3) is 34.1 Å². The number of hydrogen-bond acceptors (Lipinski definition) is 7. The molecule has 2 aromatic carbocycles. The van der Waals surface area contributed by atoms with E-state index in [9.17, 15) is 0 Å². The lowest BCUT2D eigenvalue weighted by atomic mass is 10.1. The van der Waals surface area contributed by atoms with Crippen LogP contribution in [0.1, 0.15) is 30.0 Å². The SMILES string of the molecule is Nc1ncccc1-c1nc2ccc(-n3cccn3)nc2n1-c1ccc2c(c1)CCC2NC1CCN(c2ccccc2)C1. The van der Waals surface area contributed by atoms with Crippen LogP contribution in [-0.2, 0) is 6.42 Å². The van der Waals surface area contributed by atoms with Crippen molar-refractivity contribution in [3.05, 3.63) is 109 Å². The molecule has 9 heteroatoms. The maximum absolute atomic E-state index is 6.35. The zero-order valence-electron chi connectivity index (χ0n) is 23.1. The molecule has 42 heavy (non-hydrogen) atoms. The molecule has 0 radical (unpaired) electrons. The van der Waals surface area contributed by atoms with Crippen molar-refractivity contribution in [1.82, 2.24) is 34.6 Å². The molecule has 0 bridgehead atoms. The van der Waals surface area contributed by atoms with Gasteiger partial charge < -0.3 is 16.0 Å². The first kappa shape index (κ1) is 24.8. The highest BCUT2D eigenvalue weighted by Crippen LogP contribution is 2.36. The normalized spacial score (nSPS) is 18.1. The van der Waals surface area contributed by atoms with E-state index >= 15 is 0 Å². The number of hydrogen-bond donors (Lipinski definition) is 2. The maximum atomic E-state index is 6.35. The minimum atomic E-state index is 0.354. The van der Waals surface area contributed by atoms with Gasteiger partial charge in [0, 0.05) is 55.1 Å². The molecular formula is C33H31N9. The Morgan fingerprint density at radius 1 is 0.857 bits per heavy atom. The van der Waals surface area contributed by atoms with Gasteiger partial charge in [-0.1, -0.05) is 24.3 Å². The molecule has 1 aliphatic carbocycles. The number of pyridine rings is 2. The van der Waals surface area contributed by atoms with Crippen LogP contribution in [0.3, 0.4) is 0 Å². The van der Waals surface area contributed by atoms with Crippen molar-refractivity contribution in [1.29, 1.82) is 0 Å². The Morgan fingerprint density at radius 2 is 1.79 bits per heavy atom. The molecule has 208 valence electrons. The number of nitrogens with one attached hydrogen (secondary N) is 1. The Bertz CT molecular complexity index is 1880. The second-order valence-electron chi connectivity index (χ2n) is 11.1. The van der Waals surface area contributed by atoms with Crippen LogP contribution >= 0.6 is 0 Å². The minimum Gasteiger partial charge on any atom is -0.383 e. The van der Waals surface area contributed by atoms with E-state index in [4.69, 9.17) is 15.7 Å². The van der Waals surface area contributed by atoms with Gasteiger partial charge in [0.25, 0.3) is 0 Å². The third-order valence-electron chi connectivity index (χ3n) is 8.52. The summed E-state index contributed by atoms with van der Waals surface area (Å²) >= 11 is 0. The maximum Gasteiger partial charge on any atom is 0.167 e. The molecular weight excluding hydrogens is 522 g/mol. The van der Waals surface area contributed by atoms with E-state index in [0.717, 1.165) is 66.4 Å². The Hall–Kier alpha value is -5.02. The highest BCUT2D eigenvalue weighted by Gasteiger charge is 2.29. The van der Waals surface area contributed by atoms with Crippen molar-refractivity contribution in [3.63, 3.8) is 0 Å². The van der Waals surface area contributed by atoms with E-state index in [1.807, 2.05) is 36.5 Å². The molecule has 0 spiro atoms. The lowest BCUT2D eigenvalue weighted by Crippen LogP contribution is -2.34. The van der Waals surface area contributed by atoms with E-state index in [1.54, 1.807) is 17.1 Å². The van der Waals surface area contributed by atoms with E-state index in [0.29, 0.717) is 17.9 Å². The second-order valence-corrected chi connectivity index (χ2v) is 11.1. The molecule has 2 atom stereocenters. The number of para-hydroxylation sites is 1. The van der Waals surface area contributed by atoms with Crippen LogP contribution in [0, 0.1) is 0 Å². The van der Waals surface area contributed by atoms with E-state index in [-0.39, 0.29) is 0 Å². The predicted octanol–water partition coefficient (Wildman–Crippen LogP) is 5.11. The highest BCUT2D eigenvalue weighted by atomic mass is 15.3. The zero-order valence-corrected chi connectivity index (χ0v) is 23.1.